The maximum absolute atomic E-state index is 12.8. The van der Waals surface area contributed by atoms with Crippen LogP contribution in [0.3, 0.4) is 0 Å². The molecular formula is C20H28N4O4. The molecule has 0 aromatic carbocycles. The highest BCUT2D eigenvalue weighted by molar-refractivity contribution is 5.98. The number of piperazine rings is 1. The summed E-state index contributed by atoms with van der Waals surface area (Å²) in [6.45, 7) is 3.77. The van der Waals surface area contributed by atoms with Crippen molar-refractivity contribution in [1.29, 1.82) is 0 Å². The Balaban J connectivity index is 1.58. The molecule has 28 heavy (non-hydrogen) atoms. The van der Waals surface area contributed by atoms with Crippen molar-refractivity contribution in [2.24, 2.45) is 0 Å². The first-order chi connectivity index (χ1) is 13.6. The van der Waals surface area contributed by atoms with Crippen LogP contribution in [-0.4, -0.2) is 71.5 Å². The Labute approximate surface area is 165 Å². The highest BCUT2D eigenvalue weighted by Crippen LogP contribution is 2.18. The van der Waals surface area contributed by atoms with Crippen molar-refractivity contribution in [1.82, 2.24) is 20.1 Å². The van der Waals surface area contributed by atoms with Crippen molar-refractivity contribution < 1.29 is 19.1 Å². The first-order valence-corrected chi connectivity index (χ1v) is 10.1. The molecule has 8 heteroatoms. The first-order valence-electron chi connectivity index (χ1n) is 10.1. The van der Waals surface area contributed by atoms with E-state index in [1.807, 2.05) is 0 Å². The summed E-state index contributed by atoms with van der Waals surface area (Å²) in [5, 5.41) is 3.06. The van der Waals surface area contributed by atoms with Gasteiger partial charge in [0.15, 0.2) is 0 Å². The molecule has 3 rings (SSSR count). The molecule has 2 heterocycles. The lowest BCUT2D eigenvalue weighted by atomic mass is 9.95. The van der Waals surface area contributed by atoms with Gasteiger partial charge in [0, 0.05) is 44.0 Å². The van der Waals surface area contributed by atoms with Crippen LogP contribution < -0.4 is 5.32 Å². The molecule has 1 aliphatic heterocycles. The Hall–Kier alpha value is -2.64. The van der Waals surface area contributed by atoms with Gasteiger partial charge in [-0.1, -0.05) is 19.3 Å². The highest BCUT2D eigenvalue weighted by atomic mass is 16.6. The molecule has 0 atom stereocenters. The molecule has 0 unspecified atom stereocenters. The summed E-state index contributed by atoms with van der Waals surface area (Å²) in [6.07, 6.45) is 6.67. The zero-order valence-electron chi connectivity index (χ0n) is 16.4. The fraction of sp³-hybridized carbons (Fsp3) is 0.600. The van der Waals surface area contributed by atoms with Gasteiger partial charge in [-0.25, -0.2) is 4.79 Å². The predicted molar refractivity (Wildman–Crippen MR) is 103 cm³/mol. The van der Waals surface area contributed by atoms with Gasteiger partial charge in [-0.3, -0.25) is 14.6 Å². The van der Waals surface area contributed by atoms with E-state index in [0.29, 0.717) is 38.3 Å². The standard InChI is InChI=1S/C20H28N4O4/c1-2-28-20(27)24-12-10-23(11-13-24)19(26)17-14-15(8-9-21-17)18(25)22-16-6-4-3-5-7-16/h8-9,14,16H,2-7,10-13H2,1H3,(H,22,25). The Morgan fingerprint density at radius 3 is 2.46 bits per heavy atom. The van der Waals surface area contributed by atoms with Gasteiger partial charge in [0.25, 0.3) is 11.8 Å². The van der Waals surface area contributed by atoms with E-state index in [9.17, 15) is 14.4 Å². The smallest absolute Gasteiger partial charge is 0.409 e. The number of aromatic nitrogens is 1. The van der Waals surface area contributed by atoms with Gasteiger partial charge in [0.2, 0.25) is 0 Å². The number of nitrogens with one attached hydrogen (secondary N) is 1. The van der Waals surface area contributed by atoms with E-state index in [1.165, 1.54) is 12.6 Å². The van der Waals surface area contributed by atoms with Gasteiger partial charge in [-0.2, -0.15) is 0 Å². The summed E-state index contributed by atoms with van der Waals surface area (Å²) in [4.78, 5) is 44.5. The molecule has 1 saturated heterocycles. The quantitative estimate of drug-likeness (QED) is 0.852. The maximum Gasteiger partial charge on any atom is 0.409 e. The Morgan fingerprint density at radius 1 is 1.11 bits per heavy atom. The average molecular weight is 388 g/mol. The molecule has 1 aromatic heterocycles. The minimum Gasteiger partial charge on any atom is -0.450 e. The molecule has 1 aliphatic carbocycles. The highest BCUT2D eigenvalue weighted by Gasteiger charge is 2.26. The van der Waals surface area contributed by atoms with Crippen LogP contribution in [0.5, 0.6) is 0 Å². The predicted octanol–water partition coefficient (Wildman–Crippen LogP) is 2.06. The van der Waals surface area contributed by atoms with Gasteiger partial charge in [0.1, 0.15) is 5.69 Å². The molecule has 2 fully saturated rings. The number of pyridine rings is 1. The number of ether oxygens (including phenoxy) is 1. The molecule has 1 N–H and O–H groups in total. The van der Waals surface area contributed by atoms with E-state index in [2.05, 4.69) is 10.3 Å². The van der Waals surface area contributed by atoms with E-state index < -0.39 is 0 Å². The second kappa shape index (κ2) is 9.52. The molecule has 0 radical (unpaired) electrons. The fourth-order valence-corrected chi connectivity index (χ4v) is 3.67. The van der Waals surface area contributed by atoms with Crippen LogP contribution in [0.4, 0.5) is 4.79 Å². The summed E-state index contributed by atoms with van der Waals surface area (Å²) in [5.41, 5.74) is 0.704. The minimum atomic E-state index is -0.353. The van der Waals surface area contributed by atoms with Crippen LogP contribution in [0, 0.1) is 0 Å². The summed E-state index contributed by atoms with van der Waals surface area (Å²) in [6, 6.07) is 3.40. The van der Waals surface area contributed by atoms with E-state index in [-0.39, 0.29) is 29.6 Å². The molecule has 0 bridgehead atoms. The zero-order chi connectivity index (χ0) is 19.9. The van der Waals surface area contributed by atoms with Crippen LogP contribution in [0.15, 0.2) is 18.3 Å². The van der Waals surface area contributed by atoms with Crippen molar-refractivity contribution in [3.63, 3.8) is 0 Å². The summed E-state index contributed by atoms with van der Waals surface area (Å²) >= 11 is 0. The normalized spacial score (nSPS) is 17.9. The minimum absolute atomic E-state index is 0.157. The molecule has 3 amide bonds. The molecule has 0 spiro atoms. The number of hydrogen-bond donors (Lipinski definition) is 1. The van der Waals surface area contributed by atoms with E-state index in [0.717, 1.165) is 25.7 Å². The van der Waals surface area contributed by atoms with Crippen LogP contribution in [0.25, 0.3) is 0 Å². The van der Waals surface area contributed by atoms with Crippen molar-refractivity contribution in [2.75, 3.05) is 32.8 Å². The fourth-order valence-electron chi connectivity index (χ4n) is 3.67. The molecule has 8 nitrogen and oxygen atoms in total. The summed E-state index contributed by atoms with van der Waals surface area (Å²) < 4.78 is 4.99. The average Bonchev–Trinajstić information content (AvgIpc) is 2.74. The SMILES string of the molecule is CCOC(=O)N1CCN(C(=O)c2cc(C(=O)NC3CCCCC3)ccn2)CC1. The van der Waals surface area contributed by atoms with Crippen LogP contribution in [-0.2, 0) is 4.74 Å². The molecule has 1 aromatic rings. The molecule has 2 aliphatic rings. The van der Waals surface area contributed by atoms with E-state index >= 15 is 0 Å². The maximum atomic E-state index is 12.8. The Kier molecular flexibility index (Phi) is 6.84. The van der Waals surface area contributed by atoms with E-state index in [4.69, 9.17) is 4.74 Å². The second-order valence-electron chi connectivity index (χ2n) is 7.22. The number of rotatable bonds is 4. The lowest BCUT2D eigenvalue weighted by Gasteiger charge is -2.33. The van der Waals surface area contributed by atoms with Crippen molar-refractivity contribution in [2.45, 2.75) is 45.1 Å². The number of nitrogens with zero attached hydrogens (tertiary/aromatic N) is 3. The summed E-state index contributed by atoms with van der Waals surface area (Å²) in [5.74, 6) is -0.383. The second-order valence-corrected chi connectivity index (χ2v) is 7.22. The van der Waals surface area contributed by atoms with Crippen LogP contribution in [0.2, 0.25) is 0 Å². The Morgan fingerprint density at radius 2 is 1.79 bits per heavy atom. The Bertz CT molecular complexity index is 710. The van der Waals surface area contributed by atoms with Crippen molar-refractivity contribution in [3.8, 4) is 0 Å². The molecule has 152 valence electrons. The van der Waals surface area contributed by atoms with Gasteiger partial charge in [-0.05, 0) is 31.9 Å². The number of amides is 3. The topological polar surface area (TPSA) is 91.8 Å². The lowest BCUT2D eigenvalue weighted by molar-refractivity contribution is 0.0566. The van der Waals surface area contributed by atoms with Crippen LogP contribution >= 0.6 is 0 Å². The third-order valence-corrected chi connectivity index (χ3v) is 5.27. The van der Waals surface area contributed by atoms with E-state index in [1.54, 1.807) is 28.9 Å². The van der Waals surface area contributed by atoms with Gasteiger partial charge in [-0.15, -0.1) is 0 Å². The van der Waals surface area contributed by atoms with Gasteiger partial charge in [0.05, 0.1) is 6.61 Å². The third kappa shape index (κ3) is 4.99. The van der Waals surface area contributed by atoms with Gasteiger partial charge < -0.3 is 19.9 Å². The number of carbonyl (C=O) groups excluding carboxylic acids is 3. The number of carbonyl (C=O) groups is 3. The first kappa shape index (κ1) is 20.1. The van der Waals surface area contributed by atoms with Crippen molar-refractivity contribution >= 4 is 17.9 Å². The zero-order valence-corrected chi connectivity index (χ0v) is 16.4. The van der Waals surface area contributed by atoms with Crippen molar-refractivity contribution in [3.05, 3.63) is 29.6 Å². The lowest BCUT2D eigenvalue weighted by Crippen LogP contribution is -2.50. The third-order valence-electron chi connectivity index (χ3n) is 5.27. The van der Waals surface area contributed by atoms with Gasteiger partial charge >= 0.3 is 6.09 Å². The number of hydrogen-bond acceptors (Lipinski definition) is 5. The monoisotopic (exact) mass is 388 g/mol. The van der Waals surface area contributed by atoms with Crippen LogP contribution in [0.1, 0.15) is 59.9 Å². The summed E-state index contributed by atoms with van der Waals surface area (Å²) in [7, 11) is 0. The molecule has 1 saturated carbocycles. The molecular weight excluding hydrogens is 360 g/mol. The largest absolute Gasteiger partial charge is 0.450 e.